The van der Waals surface area contributed by atoms with Gasteiger partial charge in [0.2, 0.25) is 0 Å². The third-order valence-corrected chi connectivity index (χ3v) is 2.78. The molecular weight excluding hydrogens is 245 g/mol. The molecule has 2 aromatic rings. The van der Waals surface area contributed by atoms with Gasteiger partial charge in [0.1, 0.15) is 12.4 Å². The fourth-order valence-corrected chi connectivity index (χ4v) is 1.69. The molecule has 19 heavy (non-hydrogen) atoms. The number of ether oxygens (including phenoxy) is 2. The fraction of sp³-hybridized carbons (Fsp3) is 0.200. The van der Waals surface area contributed by atoms with Crippen LogP contribution in [0.1, 0.15) is 11.1 Å². The highest BCUT2D eigenvalue weighted by Crippen LogP contribution is 2.19. The smallest absolute Gasteiger partial charge is 0.165 e. The number of halogens is 1. The van der Waals surface area contributed by atoms with Crippen molar-refractivity contribution in [1.29, 1.82) is 0 Å². The molecular formula is C15H16FNO2. The van der Waals surface area contributed by atoms with Gasteiger partial charge in [-0.3, -0.25) is 0 Å². The summed E-state index contributed by atoms with van der Waals surface area (Å²) in [5, 5.41) is 0. The molecule has 0 aromatic heterocycles. The van der Waals surface area contributed by atoms with Gasteiger partial charge in [-0.15, -0.1) is 0 Å². The Kier molecular flexibility index (Phi) is 4.36. The lowest BCUT2D eigenvalue weighted by Crippen LogP contribution is -1.98. The molecule has 2 rings (SSSR count). The van der Waals surface area contributed by atoms with Crippen LogP contribution in [0.4, 0.5) is 4.39 Å². The summed E-state index contributed by atoms with van der Waals surface area (Å²) in [6, 6.07) is 12.3. The van der Waals surface area contributed by atoms with Gasteiger partial charge in [0.15, 0.2) is 11.6 Å². The molecule has 0 saturated carbocycles. The highest BCUT2D eigenvalue weighted by atomic mass is 19.1. The van der Waals surface area contributed by atoms with E-state index in [1.807, 2.05) is 24.3 Å². The van der Waals surface area contributed by atoms with Crippen LogP contribution in [-0.2, 0) is 13.2 Å². The first kappa shape index (κ1) is 13.4. The second-order valence-corrected chi connectivity index (χ2v) is 4.11. The number of benzene rings is 2. The van der Waals surface area contributed by atoms with Crippen LogP contribution in [0.15, 0.2) is 42.5 Å². The molecule has 0 aliphatic rings. The average Bonchev–Trinajstić information content (AvgIpc) is 2.46. The number of rotatable bonds is 5. The van der Waals surface area contributed by atoms with Crippen LogP contribution in [-0.4, -0.2) is 7.11 Å². The van der Waals surface area contributed by atoms with Crippen molar-refractivity contribution < 1.29 is 13.9 Å². The third kappa shape index (κ3) is 3.45. The monoisotopic (exact) mass is 261 g/mol. The van der Waals surface area contributed by atoms with Gasteiger partial charge in [-0.25, -0.2) is 4.39 Å². The van der Waals surface area contributed by atoms with Gasteiger partial charge in [0.25, 0.3) is 0 Å². The first-order valence-electron chi connectivity index (χ1n) is 5.97. The topological polar surface area (TPSA) is 44.5 Å². The van der Waals surface area contributed by atoms with Gasteiger partial charge in [-0.05, 0) is 35.4 Å². The largest absolute Gasteiger partial charge is 0.494 e. The van der Waals surface area contributed by atoms with Crippen LogP contribution in [0.2, 0.25) is 0 Å². The van der Waals surface area contributed by atoms with Gasteiger partial charge in [-0.1, -0.05) is 18.2 Å². The van der Waals surface area contributed by atoms with E-state index in [1.54, 1.807) is 12.1 Å². The second-order valence-electron chi connectivity index (χ2n) is 4.11. The number of methoxy groups -OCH3 is 1. The van der Waals surface area contributed by atoms with E-state index in [1.165, 1.54) is 13.2 Å². The number of hydrogen-bond acceptors (Lipinski definition) is 3. The zero-order valence-electron chi connectivity index (χ0n) is 10.7. The predicted octanol–water partition coefficient (Wildman–Crippen LogP) is 2.87. The zero-order valence-corrected chi connectivity index (χ0v) is 10.7. The van der Waals surface area contributed by atoms with E-state index in [-0.39, 0.29) is 11.6 Å². The predicted molar refractivity (Wildman–Crippen MR) is 71.6 cm³/mol. The van der Waals surface area contributed by atoms with Crippen LogP contribution >= 0.6 is 0 Å². The molecule has 2 aromatic carbocycles. The Labute approximate surface area is 111 Å². The summed E-state index contributed by atoms with van der Waals surface area (Å²) >= 11 is 0. The Morgan fingerprint density at radius 3 is 2.32 bits per heavy atom. The first-order valence-corrected chi connectivity index (χ1v) is 5.97. The molecule has 0 heterocycles. The summed E-state index contributed by atoms with van der Waals surface area (Å²) in [4.78, 5) is 0. The minimum atomic E-state index is -0.387. The normalized spacial score (nSPS) is 10.3. The van der Waals surface area contributed by atoms with Crippen LogP contribution in [0.3, 0.4) is 0 Å². The molecule has 0 aliphatic carbocycles. The van der Waals surface area contributed by atoms with Gasteiger partial charge >= 0.3 is 0 Å². The Morgan fingerprint density at radius 2 is 1.74 bits per heavy atom. The van der Waals surface area contributed by atoms with Crippen molar-refractivity contribution in [2.75, 3.05) is 7.11 Å². The Hall–Kier alpha value is -2.07. The molecule has 0 aliphatic heterocycles. The SMILES string of the molecule is COc1ccc(COc2ccc(CN)cc2)cc1F. The zero-order chi connectivity index (χ0) is 13.7. The minimum Gasteiger partial charge on any atom is -0.494 e. The van der Waals surface area contributed by atoms with Crippen molar-refractivity contribution in [2.45, 2.75) is 13.2 Å². The molecule has 0 spiro atoms. The lowest BCUT2D eigenvalue weighted by atomic mass is 10.2. The number of nitrogens with two attached hydrogens (primary N) is 1. The van der Waals surface area contributed by atoms with E-state index < -0.39 is 0 Å². The maximum absolute atomic E-state index is 13.5. The summed E-state index contributed by atoms with van der Waals surface area (Å²) in [6.45, 7) is 0.812. The molecule has 4 heteroatoms. The summed E-state index contributed by atoms with van der Waals surface area (Å²) in [5.41, 5.74) is 7.31. The van der Waals surface area contributed by atoms with Crippen molar-refractivity contribution in [2.24, 2.45) is 5.73 Å². The van der Waals surface area contributed by atoms with Crippen LogP contribution in [0.25, 0.3) is 0 Å². The molecule has 0 saturated heterocycles. The average molecular weight is 261 g/mol. The van der Waals surface area contributed by atoms with Crippen molar-refractivity contribution in [1.82, 2.24) is 0 Å². The first-order chi connectivity index (χ1) is 9.22. The minimum absolute atomic E-state index is 0.232. The number of hydrogen-bond donors (Lipinski definition) is 1. The fourth-order valence-electron chi connectivity index (χ4n) is 1.69. The van der Waals surface area contributed by atoms with E-state index in [4.69, 9.17) is 15.2 Å². The summed E-state index contributed by atoms with van der Waals surface area (Å²) in [5.74, 6) is 0.576. The van der Waals surface area contributed by atoms with Crippen molar-refractivity contribution >= 4 is 0 Å². The molecule has 0 fully saturated rings. The summed E-state index contributed by atoms with van der Waals surface area (Å²) in [6.07, 6.45) is 0. The molecule has 0 unspecified atom stereocenters. The lowest BCUT2D eigenvalue weighted by molar-refractivity contribution is 0.304. The van der Waals surface area contributed by atoms with E-state index in [2.05, 4.69) is 0 Å². The second kappa shape index (κ2) is 6.20. The molecule has 0 radical (unpaired) electrons. The van der Waals surface area contributed by atoms with Crippen molar-refractivity contribution in [3.63, 3.8) is 0 Å². The highest BCUT2D eigenvalue weighted by Gasteiger charge is 2.04. The van der Waals surface area contributed by atoms with Gasteiger partial charge in [0, 0.05) is 6.54 Å². The molecule has 2 N–H and O–H groups in total. The van der Waals surface area contributed by atoms with E-state index >= 15 is 0 Å². The Bertz CT molecular complexity index is 540. The third-order valence-electron chi connectivity index (χ3n) is 2.78. The van der Waals surface area contributed by atoms with Gasteiger partial charge in [0.05, 0.1) is 7.11 Å². The molecule has 0 bridgehead atoms. The summed E-state index contributed by atoms with van der Waals surface area (Å²) in [7, 11) is 1.44. The molecule has 100 valence electrons. The Morgan fingerprint density at radius 1 is 1.05 bits per heavy atom. The molecule has 0 atom stereocenters. The van der Waals surface area contributed by atoms with Crippen LogP contribution < -0.4 is 15.2 Å². The van der Waals surface area contributed by atoms with Gasteiger partial charge in [-0.2, -0.15) is 0 Å². The van der Waals surface area contributed by atoms with E-state index in [0.717, 1.165) is 16.9 Å². The van der Waals surface area contributed by atoms with Crippen LogP contribution in [0.5, 0.6) is 11.5 Å². The quantitative estimate of drug-likeness (QED) is 0.900. The summed E-state index contributed by atoms with van der Waals surface area (Å²) < 4.78 is 23.9. The van der Waals surface area contributed by atoms with E-state index in [9.17, 15) is 4.39 Å². The lowest BCUT2D eigenvalue weighted by Gasteiger charge is -2.08. The Balaban J connectivity index is 1.99. The standard InChI is InChI=1S/C15H16FNO2/c1-18-15-7-4-12(8-14(15)16)10-19-13-5-2-11(9-17)3-6-13/h2-8H,9-10,17H2,1H3. The van der Waals surface area contributed by atoms with Crippen LogP contribution in [0, 0.1) is 5.82 Å². The molecule has 0 amide bonds. The molecule has 3 nitrogen and oxygen atoms in total. The highest BCUT2D eigenvalue weighted by molar-refractivity contribution is 5.30. The maximum atomic E-state index is 13.5. The van der Waals surface area contributed by atoms with Gasteiger partial charge < -0.3 is 15.2 Å². The maximum Gasteiger partial charge on any atom is 0.165 e. The van der Waals surface area contributed by atoms with E-state index in [0.29, 0.717) is 13.2 Å². The van der Waals surface area contributed by atoms with Crippen molar-refractivity contribution in [3.05, 3.63) is 59.4 Å². The van der Waals surface area contributed by atoms with Crippen molar-refractivity contribution in [3.8, 4) is 11.5 Å².